The lowest BCUT2D eigenvalue weighted by molar-refractivity contribution is -0.119. The number of piperidine rings is 1. The summed E-state index contributed by atoms with van der Waals surface area (Å²) in [5, 5.41) is 2.96. The lowest BCUT2D eigenvalue weighted by atomic mass is 10.0. The summed E-state index contributed by atoms with van der Waals surface area (Å²) in [4.78, 5) is 13.6. The summed E-state index contributed by atoms with van der Waals surface area (Å²) < 4.78 is 0. The molecule has 1 amide bonds. The van der Waals surface area contributed by atoms with Gasteiger partial charge in [0.25, 0.3) is 0 Å². The number of benzene rings is 1. The molecule has 5 heteroatoms. The van der Waals surface area contributed by atoms with Crippen LogP contribution in [0.2, 0.25) is 0 Å². The number of halogens is 2. The third-order valence-electron chi connectivity index (χ3n) is 3.32. The zero-order valence-electron chi connectivity index (χ0n) is 10.8. The molecule has 106 valence electrons. The van der Waals surface area contributed by atoms with Crippen LogP contribution in [-0.4, -0.2) is 35.8 Å². The largest absolute Gasteiger partial charge is 0.352 e. The normalized spacial score (nSPS) is 16.7. The number of hydrogen-bond acceptors (Lipinski definition) is 2. The minimum atomic E-state index is -0.0572. The molecule has 1 aliphatic heterocycles. The number of hydrogen-bond donors (Lipinski definition) is 1. The van der Waals surface area contributed by atoms with Crippen LogP contribution in [0, 0.1) is 0 Å². The predicted octanol–water partition coefficient (Wildman–Crippen LogP) is 2.43. The molecule has 0 aromatic heterocycles. The molecule has 0 saturated carbocycles. The second-order valence-corrected chi connectivity index (χ2v) is 5.00. The first-order valence-electron chi connectivity index (χ1n) is 6.39. The van der Waals surface area contributed by atoms with Gasteiger partial charge in [0.1, 0.15) is 5.88 Å². The number of carbonyl (C=O) groups excluding carboxylic acids is 1. The van der Waals surface area contributed by atoms with E-state index in [0.717, 1.165) is 32.5 Å². The Balaban J connectivity index is 0.00000180. The van der Waals surface area contributed by atoms with Crippen molar-refractivity contribution in [1.82, 2.24) is 10.2 Å². The molecule has 0 bridgehead atoms. The Morgan fingerprint density at radius 1 is 1.26 bits per heavy atom. The van der Waals surface area contributed by atoms with E-state index in [1.54, 1.807) is 0 Å². The lowest BCUT2D eigenvalue weighted by Gasteiger charge is -2.32. The highest BCUT2D eigenvalue weighted by atomic mass is 35.5. The van der Waals surface area contributed by atoms with Gasteiger partial charge < -0.3 is 5.32 Å². The topological polar surface area (TPSA) is 32.3 Å². The molecule has 2 rings (SSSR count). The predicted molar refractivity (Wildman–Crippen MR) is 80.9 cm³/mol. The molecule has 1 aliphatic rings. The van der Waals surface area contributed by atoms with Crippen molar-refractivity contribution >= 4 is 29.9 Å². The van der Waals surface area contributed by atoms with E-state index in [1.165, 1.54) is 5.56 Å². The first kappa shape index (κ1) is 16.3. The monoisotopic (exact) mass is 302 g/mol. The van der Waals surface area contributed by atoms with Gasteiger partial charge in [0.15, 0.2) is 0 Å². The fourth-order valence-corrected chi connectivity index (χ4v) is 2.42. The number of amides is 1. The van der Waals surface area contributed by atoms with Crippen LogP contribution in [0.1, 0.15) is 18.4 Å². The summed E-state index contributed by atoms with van der Waals surface area (Å²) in [5.74, 6) is 0.00251. The van der Waals surface area contributed by atoms with Gasteiger partial charge in [-0.2, -0.15) is 0 Å². The van der Waals surface area contributed by atoms with E-state index in [0.29, 0.717) is 6.04 Å². The Bertz CT molecular complexity index is 378. The Kier molecular flexibility index (Phi) is 7.21. The Morgan fingerprint density at radius 2 is 1.89 bits per heavy atom. The molecule has 0 aliphatic carbocycles. The van der Waals surface area contributed by atoms with E-state index < -0.39 is 0 Å². The third kappa shape index (κ3) is 5.39. The molecular weight excluding hydrogens is 283 g/mol. The first-order chi connectivity index (χ1) is 8.78. The number of carbonyl (C=O) groups is 1. The van der Waals surface area contributed by atoms with Crippen molar-refractivity contribution in [1.29, 1.82) is 0 Å². The molecule has 0 atom stereocenters. The fraction of sp³-hybridized carbons (Fsp3) is 0.500. The second kappa shape index (κ2) is 8.41. The smallest absolute Gasteiger partial charge is 0.235 e. The van der Waals surface area contributed by atoms with Crippen molar-refractivity contribution in [3.63, 3.8) is 0 Å². The van der Waals surface area contributed by atoms with E-state index in [1.807, 2.05) is 6.07 Å². The van der Waals surface area contributed by atoms with E-state index >= 15 is 0 Å². The number of rotatable bonds is 4. The van der Waals surface area contributed by atoms with Gasteiger partial charge in [0.05, 0.1) is 0 Å². The van der Waals surface area contributed by atoms with Crippen molar-refractivity contribution < 1.29 is 4.79 Å². The molecule has 0 radical (unpaired) electrons. The van der Waals surface area contributed by atoms with Crippen molar-refractivity contribution in [2.75, 3.05) is 19.0 Å². The highest BCUT2D eigenvalue weighted by Gasteiger charge is 2.20. The molecule has 1 aromatic carbocycles. The van der Waals surface area contributed by atoms with Gasteiger partial charge in [0, 0.05) is 25.7 Å². The van der Waals surface area contributed by atoms with Gasteiger partial charge in [-0.1, -0.05) is 30.3 Å². The summed E-state index contributed by atoms with van der Waals surface area (Å²) in [6.07, 6.45) is 2.02. The summed E-state index contributed by atoms with van der Waals surface area (Å²) >= 11 is 5.48. The SMILES string of the molecule is Cl.O=C(CCl)NC1CCN(Cc2ccccc2)CC1. The zero-order chi connectivity index (χ0) is 12.8. The molecule has 1 fully saturated rings. The molecule has 1 heterocycles. The Hall–Kier alpha value is -0.770. The average molecular weight is 303 g/mol. The Labute approximate surface area is 125 Å². The second-order valence-electron chi connectivity index (χ2n) is 4.74. The van der Waals surface area contributed by atoms with E-state index in [9.17, 15) is 4.79 Å². The lowest BCUT2D eigenvalue weighted by Crippen LogP contribution is -2.44. The molecule has 3 nitrogen and oxygen atoms in total. The van der Waals surface area contributed by atoms with Crippen LogP contribution in [0.3, 0.4) is 0 Å². The first-order valence-corrected chi connectivity index (χ1v) is 6.93. The van der Waals surface area contributed by atoms with Gasteiger partial charge in [-0.15, -0.1) is 24.0 Å². The van der Waals surface area contributed by atoms with E-state index in [4.69, 9.17) is 11.6 Å². The minimum absolute atomic E-state index is 0. The summed E-state index contributed by atoms with van der Waals surface area (Å²) in [6, 6.07) is 10.8. The van der Waals surface area contributed by atoms with Crippen molar-refractivity contribution in [2.24, 2.45) is 0 Å². The van der Waals surface area contributed by atoms with Gasteiger partial charge in [-0.3, -0.25) is 9.69 Å². The number of nitrogens with zero attached hydrogens (tertiary/aromatic N) is 1. The fourth-order valence-electron chi connectivity index (χ4n) is 2.34. The maximum absolute atomic E-state index is 11.2. The van der Waals surface area contributed by atoms with Crippen molar-refractivity contribution in [3.05, 3.63) is 35.9 Å². The molecule has 1 N–H and O–H groups in total. The van der Waals surface area contributed by atoms with Crippen LogP contribution in [0.5, 0.6) is 0 Å². The van der Waals surface area contributed by atoms with Gasteiger partial charge in [-0.05, 0) is 18.4 Å². The van der Waals surface area contributed by atoms with Crippen LogP contribution in [0.25, 0.3) is 0 Å². The highest BCUT2D eigenvalue weighted by Crippen LogP contribution is 2.13. The minimum Gasteiger partial charge on any atom is -0.352 e. The number of likely N-dealkylation sites (tertiary alicyclic amines) is 1. The third-order valence-corrected chi connectivity index (χ3v) is 3.57. The quantitative estimate of drug-likeness (QED) is 0.867. The summed E-state index contributed by atoms with van der Waals surface area (Å²) in [5.41, 5.74) is 1.35. The van der Waals surface area contributed by atoms with Crippen LogP contribution in [-0.2, 0) is 11.3 Å². The van der Waals surface area contributed by atoms with Crippen LogP contribution in [0.15, 0.2) is 30.3 Å². The standard InChI is InChI=1S/C14H19ClN2O.ClH/c15-10-14(18)16-13-6-8-17(9-7-13)11-12-4-2-1-3-5-12;/h1-5,13H,6-11H2,(H,16,18);1H. The van der Waals surface area contributed by atoms with Crippen molar-refractivity contribution in [2.45, 2.75) is 25.4 Å². The van der Waals surface area contributed by atoms with Gasteiger partial charge in [-0.25, -0.2) is 0 Å². The Morgan fingerprint density at radius 3 is 2.47 bits per heavy atom. The number of alkyl halides is 1. The molecule has 1 aromatic rings. The molecular formula is C14H20Cl2N2O. The summed E-state index contributed by atoms with van der Waals surface area (Å²) in [7, 11) is 0. The van der Waals surface area contributed by atoms with E-state index in [2.05, 4.69) is 34.5 Å². The van der Waals surface area contributed by atoms with Crippen molar-refractivity contribution in [3.8, 4) is 0 Å². The number of nitrogens with one attached hydrogen (secondary N) is 1. The maximum atomic E-state index is 11.2. The average Bonchev–Trinajstić information content (AvgIpc) is 2.42. The molecule has 19 heavy (non-hydrogen) atoms. The molecule has 0 unspecified atom stereocenters. The van der Waals surface area contributed by atoms with E-state index in [-0.39, 0.29) is 24.2 Å². The zero-order valence-corrected chi connectivity index (χ0v) is 12.4. The van der Waals surface area contributed by atoms with Gasteiger partial charge in [0.2, 0.25) is 5.91 Å². The summed E-state index contributed by atoms with van der Waals surface area (Å²) in [6.45, 7) is 3.06. The van der Waals surface area contributed by atoms with Crippen LogP contribution >= 0.6 is 24.0 Å². The van der Waals surface area contributed by atoms with Crippen LogP contribution in [0.4, 0.5) is 0 Å². The highest BCUT2D eigenvalue weighted by molar-refractivity contribution is 6.27. The van der Waals surface area contributed by atoms with Crippen LogP contribution < -0.4 is 5.32 Å². The maximum Gasteiger partial charge on any atom is 0.235 e. The molecule has 0 spiro atoms. The molecule has 1 saturated heterocycles. The van der Waals surface area contributed by atoms with Gasteiger partial charge >= 0.3 is 0 Å².